The summed E-state index contributed by atoms with van der Waals surface area (Å²) in [5, 5.41) is 4.46. The number of aromatic nitrogens is 4. The number of para-hydroxylation sites is 2. The average molecular weight is 732 g/mol. The van der Waals surface area contributed by atoms with Crippen molar-refractivity contribution in [2.75, 3.05) is 4.90 Å². The van der Waals surface area contributed by atoms with Gasteiger partial charge in [0.05, 0.1) is 22.8 Å². The Kier molecular flexibility index (Phi) is 6.95. The van der Waals surface area contributed by atoms with Crippen molar-refractivity contribution in [3.05, 3.63) is 194 Å². The summed E-state index contributed by atoms with van der Waals surface area (Å²) in [5.74, 6) is 2.05. The van der Waals surface area contributed by atoms with Crippen LogP contribution in [-0.2, 0) is 0 Å². The quantitative estimate of drug-likeness (QED) is 0.176. The van der Waals surface area contributed by atoms with Crippen LogP contribution in [0.3, 0.4) is 0 Å². The minimum atomic E-state index is 0.0957. The molecule has 2 aliphatic rings. The van der Waals surface area contributed by atoms with Crippen LogP contribution in [0.4, 0.5) is 11.4 Å². The zero-order chi connectivity index (χ0) is 37.5. The number of fused-ring (bicyclic) bond motifs is 10. The third-order valence-electron chi connectivity index (χ3n) is 11.6. The molecule has 57 heavy (non-hydrogen) atoms. The Labute approximate surface area is 328 Å². The van der Waals surface area contributed by atoms with Crippen LogP contribution in [0, 0.1) is 0 Å². The van der Waals surface area contributed by atoms with E-state index in [1.54, 1.807) is 0 Å². The van der Waals surface area contributed by atoms with Gasteiger partial charge in [0.1, 0.15) is 11.2 Å². The highest BCUT2D eigenvalue weighted by molar-refractivity contribution is 6.16. The third kappa shape index (κ3) is 4.87. The Morgan fingerprint density at radius 2 is 1.18 bits per heavy atom. The molecule has 0 N–H and O–H groups in total. The number of nitrogens with zero attached hydrogens (tertiary/aromatic N) is 5. The van der Waals surface area contributed by atoms with Crippen molar-refractivity contribution in [3.8, 4) is 39.9 Å². The molecule has 12 rings (SSSR count). The molecule has 0 saturated heterocycles. The molecule has 0 spiro atoms. The van der Waals surface area contributed by atoms with Crippen LogP contribution in [0.5, 0.6) is 0 Å². The van der Waals surface area contributed by atoms with Crippen LogP contribution in [0.25, 0.3) is 83.6 Å². The van der Waals surface area contributed by atoms with Crippen LogP contribution in [-0.4, -0.2) is 25.6 Å². The van der Waals surface area contributed by atoms with E-state index in [1.165, 1.54) is 33.1 Å². The van der Waals surface area contributed by atoms with Gasteiger partial charge in [0.25, 0.3) is 0 Å². The summed E-state index contributed by atoms with van der Waals surface area (Å²) in [7, 11) is 0. The summed E-state index contributed by atoms with van der Waals surface area (Å²) >= 11 is 0. The van der Waals surface area contributed by atoms with E-state index in [4.69, 9.17) is 19.4 Å². The smallest absolute Gasteiger partial charge is 0.164 e. The second-order valence-corrected chi connectivity index (χ2v) is 14.7. The van der Waals surface area contributed by atoms with E-state index >= 15 is 0 Å². The minimum absolute atomic E-state index is 0.0957. The molecule has 0 fully saturated rings. The van der Waals surface area contributed by atoms with Crippen molar-refractivity contribution >= 4 is 55.1 Å². The van der Waals surface area contributed by atoms with Gasteiger partial charge in [0.2, 0.25) is 0 Å². The number of furan rings is 1. The molecule has 4 heterocycles. The van der Waals surface area contributed by atoms with E-state index in [-0.39, 0.29) is 12.0 Å². The van der Waals surface area contributed by atoms with Gasteiger partial charge in [0, 0.05) is 55.5 Å². The van der Waals surface area contributed by atoms with Crippen LogP contribution in [0.1, 0.15) is 11.5 Å². The van der Waals surface area contributed by atoms with Gasteiger partial charge in [-0.15, -0.1) is 0 Å². The first kappa shape index (κ1) is 31.7. The van der Waals surface area contributed by atoms with Gasteiger partial charge in [-0.05, 0) is 48.0 Å². The maximum Gasteiger partial charge on any atom is 0.164 e. The van der Waals surface area contributed by atoms with E-state index in [0.717, 1.165) is 50.0 Å². The average Bonchev–Trinajstić information content (AvgIpc) is 3.95. The maximum absolute atomic E-state index is 6.61. The first-order chi connectivity index (χ1) is 28.3. The van der Waals surface area contributed by atoms with Gasteiger partial charge in [-0.2, -0.15) is 0 Å². The van der Waals surface area contributed by atoms with Crippen molar-refractivity contribution in [3.63, 3.8) is 0 Å². The summed E-state index contributed by atoms with van der Waals surface area (Å²) in [4.78, 5) is 17.7. The number of allylic oxidation sites excluding steroid dienone is 2. The molecule has 1 aliphatic heterocycles. The fourth-order valence-electron chi connectivity index (χ4n) is 9.08. The Balaban J connectivity index is 1.10. The molecule has 7 aromatic carbocycles. The molecule has 0 amide bonds. The predicted octanol–water partition coefficient (Wildman–Crippen LogP) is 12.6. The monoisotopic (exact) mass is 731 g/mol. The molecule has 268 valence electrons. The topological polar surface area (TPSA) is 60.0 Å². The maximum atomic E-state index is 6.61. The van der Waals surface area contributed by atoms with Crippen molar-refractivity contribution in [1.82, 2.24) is 19.5 Å². The normalized spacial score (nSPS) is 15.9. The number of benzene rings is 7. The highest BCUT2D eigenvalue weighted by Gasteiger charge is 2.40. The second kappa shape index (κ2) is 12.5. The first-order valence-corrected chi connectivity index (χ1v) is 19.4. The van der Waals surface area contributed by atoms with Crippen LogP contribution in [0.2, 0.25) is 0 Å². The van der Waals surface area contributed by atoms with Gasteiger partial charge >= 0.3 is 0 Å². The lowest BCUT2D eigenvalue weighted by Gasteiger charge is -2.29. The first-order valence-electron chi connectivity index (χ1n) is 19.4. The summed E-state index contributed by atoms with van der Waals surface area (Å²) < 4.78 is 9.05. The Bertz CT molecular complexity index is 3200. The summed E-state index contributed by atoms with van der Waals surface area (Å²) in [5.41, 5.74) is 11.5. The van der Waals surface area contributed by atoms with E-state index in [2.05, 4.69) is 125 Å². The molecule has 6 nitrogen and oxygen atoms in total. The van der Waals surface area contributed by atoms with E-state index in [0.29, 0.717) is 17.5 Å². The Morgan fingerprint density at radius 3 is 1.95 bits per heavy atom. The second-order valence-electron chi connectivity index (χ2n) is 14.7. The summed E-state index contributed by atoms with van der Waals surface area (Å²) in [6.07, 6.45) is 9.07. The number of rotatable bonds is 5. The van der Waals surface area contributed by atoms with E-state index in [9.17, 15) is 0 Å². The zero-order valence-corrected chi connectivity index (χ0v) is 30.7. The number of anilines is 2. The van der Waals surface area contributed by atoms with Gasteiger partial charge in [-0.1, -0.05) is 146 Å². The largest absolute Gasteiger partial charge is 0.456 e. The minimum Gasteiger partial charge on any atom is -0.456 e. The predicted molar refractivity (Wildman–Crippen MR) is 231 cm³/mol. The SMILES string of the molecule is C1=CC2c3ccc4c5ccccc5n(-c5ccccc5)c4c3N(c3ccc4oc5cccc(-c6nc(-c7ccccc7)nc(-c7ccccc7)n6)c5c4c3)C2C=C1. The molecule has 2 unspecified atom stereocenters. The molecule has 3 aromatic heterocycles. The summed E-state index contributed by atoms with van der Waals surface area (Å²) in [6, 6.07) is 57.3. The molecular weight excluding hydrogens is 699 g/mol. The fourth-order valence-corrected chi connectivity index (χ4v) is 9.08. The van der Waals surface area contributed by atoms with Crippen molar-refractivity contribution in [2.45, 2.75) is 12.0 Å². The van der Waals surface area contributed by atoms with Crippen molar-refractivity contribution in [2.24, 2.45) is 0 Å². The van der Waals surface area contributed by atoms with Crippen molar-refractivity contribution < 1.29 is 4.42 Å². The lowest BCUT2D eigenvalue weighted by molar-refractivity contribution is 0.669. The molecule has 6 heteroatoms. The lowest BCUT2D eigenvalue weighted by atomic mass is 9.91. The van der Waals surface area contributed by atoms with Crippen LogP contribution < -0.4 is 4.90 Å². The van der Waals surface area contributed by atoms with E-state index < -0.39 is 0 Å². The highest BCUT2D eigenvalue weighted by atomic mass is 16.3. The summed E-state index contributed by atoms with van der Waals surface area (Å²) in [6.45, 7) is 0. The fraction of sp³-hybridized carbons (Fsp3) is 0.0392. The van der Waals surface area contributed by atoms with E-state index in [1.807, 2.05) is 72.8 Å². The standard InChI is InChI=1S/C51H33N5O/c1-4-15-32(16-5-1)49-52-50(33-17-6-2-7-18-33)54-51(53-49)40-23-14-26-45-46(40)41-31-35(27-30-44(41)57-45)56-43-25-13-11-22-37(43)39-29-28-38-36-21-10-12-24-42(36)55(47(38)48(39)56)34-19-8-3-9-20-34/h1-31,37,43H. The third-order valence-corrected chi connectivity index (χ3v) is 11.6. The molecule has 0 bridgehead atoms. The van der Waals surface area contributed by atoms with Gasteiger partial charge in [-0.3, -0.25) is 0 Å². The molecule has 2 atom stereocenters. The molecule has 1 aliphatic carbocycles. The molecule has 10 aromatic rings. The Hall–Kier alpha value is -7.57. The highest BCUT2D eigenvalue weighted by Crippen LogP contribution is 2.53. The Morgan fingerprint density at radius 1 is 0.491 bits per heavy atom. The van der Waals surface area contributed by atoms with Crippen molar-refractivity contribution in [1.29, 1.82) is 0 Å². The molecule has 0 radical (unpaired) electrons. The zero-order valence-electron chi connectivity index (χ0n) is 30.7. The van der Waals surface area contributed by atoms with Gasteiger partial charge < -0.3 is 13.9 Å². The van der Waals surface area contributed by atoms with Crippen LogP contribution in [0.15, 0.2) is 193 Å². The molecule has 0 saturated carbocycles. The molecular formula is C51H33N5O. The van der Waals surface area contributed by atoms with Crippen LogP contribution >= 0.6 is 0 Å². The number of hydrogen-bond acceptors (Lipinski definition) is 5. The van der Waals surface area contributed by atoms with Gasteiger partial charge in [0.15, 0.2) is 17.5 Å². The van der Waals surface area contributed by atoms with Gasteiger partial charge in [-0.25, -0.2) is 15.0 Å². The lowest BCUT2D eigenvalue weighted by Crippen LogP contribution is -2.28. The number of hydrogen-bond donors (Lipinski definition) is 0.